The van der Waals surface area contributed by atoms with E-state index in [1.807, 2.05) is 18.2 Å². The zero-order valence-electron chi connectivity index (χ0n) is 8.19. The highest BCUT2D eigenvalue weighted by Crippen LogP contribution is 2.25. The predicted octanol–water partition coefficient (Wildman–Crippen LogP) is 1.31. The fourth-order valence-corrected chi connectivity index (χ4v) is 1.85. The van der Waals surface area contributed by atoms with Crippen molar-refractivity contribution in [3.05, 3.63) is 41.0 Å². The van der Waals surface area contributed by atoms with E-state index < -0.39 is 5.91 Å². The zero-order valence-corrected chi connectivity index (χ0v) is 8.19. The summed E-state index contributed by atoms with van der Waals surface area (Å²) < 4.78 is 0. The number of hydrogen-bond donors (Lipinski definition) is 1. The first-order valence-corrected chi connectivity index (χ1v) is 4.81. The van der Waals surface area contributed by atoms with E-state index in [9.17, 15) is 9.59 Å². The summed E-state index contributed by atoms with van der Waals surface area (Å²) in [5, 5.41) is 0. The Kier molecular flexibility index (Phi) is 2.37. The lowest BCUT2D eigenvalue weighted by molar-refractivity contribution is -0.113. The van der Waals surface area contributed by atoms with Crippen molar-refractivity contribution in [2.75, 3.05) is 0 Å². The van der Waals surface area contributed by atoms with Crippen LogP contribution in [0.2, 0.25) is 0 Å². The van der Waals surface area contributed by atoms with E-state index in [0.29, 0.717) is 6.42 Å². The molecule has 1 aromatic carbocycles. The van der Waals surface area contributed by atoms with Gasteiger partial charge >= 0.3 is 0 Å². The summed E-state index contributed by atoms with van der Waals surface area (Å²) in [7, 11) is 0. The van der Waals surface area contributed by atoms with Gasteiger partial charge in [-0.25, -0.2) is 0 Å². The van der Waals surface area contributed by atoms with E-state index in [1.54, 1.807) is 6.08 Å². The molecule has 0 atom stereocenters. The Balaban J connectivity index is 2.42. The van der Waals surface area contributed by atoms with E-state index in [0.717, 1.165) is 23.1 Å². The van der Waals surface area contributed by atoms with Gasteiger partial charge in [-0.05, 0) is 23.6 Å². The molecule has 3 nitrogen and oxygen atoms in total. The van der Waals surface area contributed by atoms with Crippen LogP contribution in [0.3, 0.4) is 0 Å². The first-order chi connectivity index (χ1) is 7.18. The zero-order chi connectivity index (χ0) is 10.8. The number of rotatable bonds is 2. The lowest BCUT2D eigenvalue weighted by atomic mass is 10.0. The standard InChI is InChI=1S/C12H11NO2/c13-12(15)7-4-8-2-1-3-10-9(8)5-6-11(10)14/h1-4,7H,5-6H2,(H2,13,15). The molecular weight excluding hydrogens is 190 g/mol. The van der Waals surface area contributed by atoms with Gasteiger partial charge in [-0.3, -0.25) is 9.59 Å². The summed E-state index contributed by atoms with van der Waals surface area (Å²) in [6.07, 6.45) is 4.31. The lowest BCUT2D eigenvalue weighted by Gasteiger charge is -2.01. The maximum atomic E-state index is 11.4. The Bertz CT molecular complexity index is 461. The first kappa shape index (κ1) is 9.65. The summed E-state index contributed by atoms with van der Waals surface area (Å²) in [6.45, 7) is 0. The van der Waals surface area contributed by atoms with Gasteiger partial charge < -0.3 is 5.73 Å². The number of fused-ring (bicyclic) bond motifs is 1. The van der Waals surface area contributed by atoms with Crippen LogP contribution in [0.25, 0.3) is 6.08 Å². The number of ketones is 1. The Morgan fingerprint density at radius 1 is 1.33 bits per heavy atom. The molecule has 0 saturated carbocycles. The van der Waals surface area contributed by atoms with Crippen molar-refractivity contribution >= 4 is 17.8 Å². The molecule has 76 valence electrons. The van der Waals surface area contributed by atoms with Crippen molar-refractivity contribution in [3.63, 3.8) is 0 Å². The van der Waals surface area contributed by atoms with Crippen molar-refractivity contribution in [1.82, 2.24) is 0 Å². The van der Waals surface area contributed by atoms with Crippen molar-refractivity contribution in [2.45, 2.75) is 12.8 Å². The normalized spacial score (nSPS) is 14.5. The van der Waals surface area contributed by atoms with Gasteiger partial charge in [-0.2, -0.15) is 0 Å². The van der Waals surface area contributed by atoms with Gasteiger partial charge in [0.1, 0.15) is 0 Å². The van der Waals surface area contributed by atoms with Crippen LogP contribution in [0, 0.1) is 0 Å². The van der Waals surface area contributed by atoms with Crippen LogP contribution >= 0.6 is 0 Å². The predicted molar refractivity (Wildman–Crippen MR) is 57.3 cm³/mol. The Hall–Kier alpha value is -1.90. The maximum Gasteiger partial charge on any atom is 0.241 e. The molecule has 2 rings (SSSR count). The molecule has 1 aliphatic carbocycles. The number of primary amides is 1. The number of carbonyl (C=O) groups excluding carboxylic acids is 2. The van der Waals surface area contributed by atoms with Gasteiger partial charge in [0.2, 0.25) is 5.91 Å². The average molecular weight is 201 g/mol. The molecule has 0 unspecified atom stereocenters. The highest BCUT2D eigenvalue weighted by atomic mass is 16.1. The molecule has 0 heterocycles. The Labute approximate surface area is 87.6 Å². The number of hydrogen-bond acceptors (Lipinski definition) is 2. The second-order valence-electron chi connectivity index (χ2n) is 3.53. The van der Waals surface area contributed by atoms with E-state index in [2.05, 4.69) is 0 Å². The molecule has 0 spiro atoms. The fourth-order valence-electron chi connectivity index (χ4n) is 1.85. The van der Waals surface area contributed by atoms with E-state index >= 15 is 0 Å². The smallest absolute Gasteiger partial charge is 0.241 e. The van der Waals surface area contributed by atoms with Crippen molar-refractivity contribution in [2.24, 2.45) is 5.73 Å². The summed E-state index contributed by atoms with van der Waals surface area (Å²) in [4.78, 5) is 22.0. The summed E-state index contributed by atoms with van der Waals surface area (Å²) in [5.41, 5.74) is 7.74. The van der Waals surface area contributed by atoms with Crippen LogP contribution in [0.4, 0.5) is 0 Å². The van der Waals surface area contributed by atoms with Crippen LogP contribution < -0.4 is 5.73 Å². The second kappa shape index (κ2) is 3.69. The maximum absolute atomic E-state index is 11.4. The van der Waals surface area contributed by atoms with Gasteiger partial charge in [0.25, 0.3) is 0 Å². The van der Waals surface area contributed by atoms with Gasteiger partial charge in [-0.15, -0.1) is 0 Å². The Morgan fingerprint density at radius 2 is 2.13 bits per heavy atom. The van der Waals surface area contributed by atoms with E-state index in [-0.39, 0.29) is 5.78 Å². The topological polar surface area (TPSA) is 60.2 Å². The largest absolute Gasteiger partial charge is 0.366 e. The van der Waals surface area contributed by atoms with E-state index in [4.69, 9.17) is 5.73 Å². The molecule has 1 aromatic rings. The summed E-state index contributed by atoms with van der Waals surface area (Å²) in [5.74, 6) is -0.295. The summed E-state index contributed by atoms with van der Waals surface area (Å²) >= 11 is 0. The molecule has 3 heteroatoms. The summed E-state index contributed by atoms with van der Waals surface area (Å²) in [6, 6.07) is 5.53. The molecule has 0 saturated heterocycles. The minimum atomic E-state index is -0.475. The van der Waals surface area contributed by atoms with Crippen molar-refractivity contribution in [3.8, 4) is 0 Å². The van der Waals surface area contributed by atoms with Crippen LogP contribution in [-0.4, -0.2) is 11.7 Å². The quantitative estimate of drug-likeness (QED) is 0.733. The minimum Gasteiger partial charge on any atom is -0.366 e. The molecule has 0 radical (unpaired) electrons. The molecular formula is C12H11NO2. The minimum absolute atomic E-state index is 0.180. The third-order valence-electron chi connectivity index (χ3n) is 2.54. The van der Waals surface area contributed by atoms with Crippen molar-refractivity contribution in [1.29, 1.82) is 0 Å². The Morgan fingerprint density at radius 3 is 2.87 bits per heavy atom. The molecule has 0 bridgehead atoms. The number of nitrogens with two attached hydrogens (primary N) is 1. The average Bonchev–Trinajstić information content (AvgIpc) is 2.58. The highest BCUT2D eigenvalue weighted by molar-refractivity contribution is 6.01. The van der Waals surface area contributed by atoms with Gasteiger partial charge in [-0.1, -0.05) is 18.2 Å². The highest BCUT2D eigenvalue weighted by Gasteiger charge is 2.20. The third kappa shape index (κ3) is 1.81. The van der Waals surface area contributed by atoms with Gasteiger partial charge in [0, 0.05) is 18.1 Å². The third-order valence-corrected chi connectivity index (χ3v) is 2.54. The second-order valence-corrected chi connectivity index (χ2v) is 3.53. The molecule has 15 heavy (non-hydrogen) atoms. The van der Waals surface area contributed by atoms with Gasteiger partial charge in [0.15, 0.2) is 5.78 Å². The monoisotopic (exact) mass is 201 g/mol. The molecule has 2 N–H and O–H groups in total. The SMILES string of the molecule is NC(=O)C=Cc1cccc2c1CCC2=O. The molecule has 0 aromatic heterocycles. The number of carbonyl (C=O) groups is 2. The lowest BCUT2D eigenvalue weighted by Crippen LogP contribution is -2.05. The molecule has 0 aliphatic heterocycles. The first-order valence-electron chi connectivity index (χ1n) is 4.81. The molecule has 1 aliphatic rings. The fraction of sp³-hybridized carbons (Fsp3) is 0.167. The van der Waals surface area contributed by atoms with Crippen LogP contribution in [0.1, 0.15) is 27.9 Å². The number of benzene rings is 1. The number of amides is 1. The molecule has 1 amide bonds. The molecule has 0 fully saturated rings. The van der Waals surface area contributed by atoms with Crippen LogP contribution in [0.5, 0.6) is 0 Å². The van der Waals surface area contributed by atoms with Crippen LogP contribution in [-0.2, 0) is 11.2 Å². The van der Waals surface area contributed by atoms with Gasteiger partial charge in [0.05, 0.1) is 0 Å². The van der Waals surface area contributed by atoms with Crippen LogP contribution in [0.15, 0.2) is 24.3 Å². The van der Waals surface area contributed by atoms with E-state index in [1.165, 1.54) is 6.08 Å². The van der Waals surface area contributed by atoms with Crippen molar-refractivity contribution < 1.29 is 9.59 Å². The number of Topliss-reactive ketones (excluding diaryl/α,β-unsaturated/α-hetero) is 1.